The summed E-state index contributed by atoms with van der Waals surface area (Å²) in [6, 6.07) is 22.5. The van der Waals surface area contributed by atoms with Gasteiger partial charge in [-0.3, -0.25) is 30.1 Å². The number of hydrogen-bond donors (Lipinski definition) is 0. The minimum Gasteiger partial charge on any atom is -0.358 e. The molecule has 0 aromatic carbocycles. The molecule has 0 aliphatic heterocycles. The average molecular weight is 785 g/mol. The highest BCUT2D eigenvalue weighted by Crippen LogP contribution is 2.28. The number of rotatable bonds is 2. The maximum Gasteiger partial charge on any atom is 0.417 e. The van der Waals surface area contributed by atoms with E-state index in [-0.39, 0.29) is 17.3 Å². The smallest absolute Gasteiger partial charge is 0.358 e. The van der Waals surface area contributed by atoms with Crippen LogP contribution in [0.3, 0.4) is 0 Å². The van der Waals surface area contributed by atoms with Crippen LogP contribution in [0.2, 0.25) is 0 Å². The van der Waals surface area contributed by atoms with Crippen molar-refractivity contribution in [3.8, 4) is 12.1 Å². The molecule has 18 heteroatoms. The molecule has 0 atom stereocenters. The molecular formula is C39H36F4N10O4. The minimum atomic E-state index is -4.28. The molecule has 14 nitrogen and oxygen atoms in total. The lowest BCUT2D eigenvalue weighted by molar-refractivity contribution is -0.389. The van der Waals surface area contributed by atoms with Crippen molar-refractivity contribution in [2.24, 2.45) is 0 Å². The van der Waals surface area contributed by atoms with Crippen molar-refractivity contribution < 1.29 is 27.4 Å². The van der Waals surface area contributed by atoms with Gasteiger partial charge in [0.25, 0.3) is 5.69 Å². The molecule has 0 N–H and O–H groups in total. The van der Waals surface area contributed by atoms with E-state index in [1.807, 2.05) is 52.0 Å². The Morgan fingerprint density at radius 3 is 1.39 bits per heavy atom. The Labute approximate surface area is 325 Å². The van der Waals surface area contributed by atoms with Gasteiger partial charge in [-0.05, 0) is 117 Å². The predicted octanol–water partition coefficient (Wildman–Crippen LogP) is 9.06. The lowest BCUT2D eigenvalue weighted by atomic mass is 10.2. The quantitative estimate of drug-likeness (QED) is 0.0914. The monoisotopic (exact) mass is 784 g/mol. The lowest BCUT2D eigenvalue weighted by Gasteiger charge is -2.04. The Balaban J connectivity index is 0.000000343. The van der Waals surface area contributed by atoms with Crippen LogP contribution in [-0.2, 0) is 6.18 Å². The van der Waals surface area contributed by atoms with Gasteiger partial charge in [0.05, 0.1) is 22.2 Å². The number of nitro groups is 2. The second kappa shape index (κ2) is 24.7. The Kier molecular flexibility index (Phi) is 20.5. The molecule has 0 aliphatic carbocycles. The number of nitrogens with zero attached hydrogens (tertiary/aromatic N) is 10. The molecule has 6 rings (SSSR count). The van der Waals surface area contributed by atoms with Gasteiger partial charge >= 0.3 is 12.0 Å². The standard InChI is InChI=1S/C7H6F3N.2C7H6N2.C6H6FN.2C6H6N2O2/c1-5-2-3-6(4-11-5)7(8,9)10;1-6-2-3-7(4-8)5-9-6;1-6-2-3-7(4-8)9-5-6;1-5-2-3-6(7)4-8-5;1-5-2-3-6(4-7-5)8(9)10;1-5-2-3-6(7-4-5)8(9)10/h2-4H,1H3;2*2-3,5H,1H3;2-4H,1H3;2*2-4H,1H3. The third-order valence-corrected chi connectivity index (χ3v) is 6.37. The molecule has 6 heterocycles. The van der Waals surface area contributed by atoms with Gasteiger partial charge in [0.1, 0.15) is 36.0 Å². The first-order valence-corrected chi connectivity index (χ1v) is 16.2. The van der Waals surface area contributed by atoms with Crippen LogP contribution in [-0.4, -0.2) is 39.8 Å². The maximum absolute atomic E-state index is 12.0. The molecule has 0 spiro atoms. The highest BCUT2D eigenvalue weighted by molar-refractivity contribution is 5.27. The zero-order valence-corrected chi connectivity index (χ0v) is 31.5. The van der Waals surface area contributed by atoms with E-state index >= 15 is 0 Å². The van der Waals surface area contributed by atoms with Gasteiger partial charge in [0.2, 0.25) is 0 Å². The summed E-state index contributed by atoms with van der Waals surface area (Å²) in [6.45, 7) is 10.9. The fourth-order valence-electron chi connectivity index (χ4n) is 3.29. The van der Waals surface area contributed by atoms with Crippen LogP contribution >= 0.6 is 0 Å². The Hall–Kier alpha value is -7.60. The highest BCUT2D eigenvalue weighted by Gasteiger charge is 2.30. The Morgan fingerprint density at radius 1 is 0.544 bits per heavy atom. The van der Waals surface area contributed by atoms with Gasteiger partial charge in [0, 0.05) is 53.5 Å². The van der Waals surface area contributed by atoms with Crippen molar-refractivity contribution in [3.63, 3.8) is 0 Å². The van der Waals surface area contributed by atoms with E-state index in [1.165, 1.54) is 42.9 Å². The summed E-state index contributed by atoms with van der Waals surface area (Å²) in [5.41, 5.74) is 5.55. The summed E-state index contributed by atoms with van der Waals surface area (Å²) < 4.78 is 47.7. The molecule has 294 valence electrons. The zero-order valence-electron chi connectivity index (χ0n) is 31.5. The van der Waals surface area contributed by atoms with Crippen LogP contribution in [0.1, 0.15) is 50.7 Å². The van der Waals surface area contributed by atoms with E-state index in [0.29, 0.717) is 17.0 Å². The van der Waals surface area contributed by atoms with Crippen LogP contribution in [0, 0.1) is 90.3 Å². The van der Waals surface area contributed by atoms with E-state index in [4.69, 9.17) is 10.5 Å². The van der Waals surface area contributed by atoms with E-state index in [2.05, 4.69) is 29.9 Å². The number of pyridine rings is 6. The topological polar surface area (TPSA) is 211 Å². The van der Waals surface area contributed by atoms with Gasteiger partial charge in [-0.25, -0.2) is 9.37 Å². The third-order valence-electron chi connectivity index (χ3n) is 6.37. The number of aryl methyl sites for hydroxylation is 6. The third kappa shape index (κ3) is 21.0. The number of aromatic nitrogens is 6. The molecule has 57 heavy (non-hydrogen) atoms. The summed E-state index contributed by atoms with van der Waals surface area (Å²) in [4.78, 5) is 41.5. The summed E-state index contributed by atoms with van der Waals surface area (Å²) in [7, 11) is 0. The van der Waals surface area contributed by atoms with Crippen molar-refractivity contribution in [1.29, 1.82) is 10.5 Å². The Morgan fingerprint density at radius 2 is 1.05 bits per heavy atom. The molecule has 0 unspecified atom stereocenters. The van der Waals surface area contributed by atoms with Gasteiger partial charge in [-0.2, -0.15) is 23.7 Å². The predicted molar refractivity (Wildman–Crippen MR) is 202 cm³/mol. The van der Waals surface area contributed by atoms with E-state index in [9.17, 15) is 37.8 Å². The zero-order chi connectivity index (χ0) is 43.0. The van der Waals surface area contributed by atoms with E-state index in [0.717, 1.165) is 40.5 Å². The molecule has 0 radical (unpaired) electrons. The summed E-state index contributed by atoms with van der Waals surface area (Å²) >= 11 is 0. The van der Waals surface area contributed by atoms with Gasteiger partial charge in [-0.1, -0.05) is 6.07 Å². The van der Waals surface area contributed by atoms with Crippen molar-refractivity contribution in [3.05, 3.63) is 187 Å². The molecule has 6 aromatic rings. The first-order valence-electron chi connectivity index (χ1n) is 16.2. The van der Waals surface area contributed by atoms with Crippen LogP contribution in [0.5, 0.6) is 0 Å². The Bertz CT molecular complexity index is 2060. The largest absolute Gasteiger partial charge is 0.417 e. The lowest BCUT2D eigenvalue weighted by Crippen LogP contribution is -2.05. The van der Waals surface area contributed by atoms with Crippen molar-refractivity contribution in [2.45, 2.75) is 47.7 Å². The van der Waals surface area contributed by atoms with Gasteiger partial charge < -0.3 is 10.1 Å². The molecule has 0 bridgehead atoms. The average Bonchev–Trinajstić information content (AvgIpc) is 3.18. The number of nitriles is 2. The SMILES string of the molecule is Cc1ccc(C#N)cn1.Cc1ccc(C#N)nc1.Cc1ccc(C(F)(F)F)cn1.Cc1ccc(F)cn1.Cc1ccc([N+](=O)[O-])cn1.Cc1ccc([N+](=O)[O-])nc1. The van der Waals surface area contributed by atoms with Crippen molar-refractivity contribution in [2.75, 3.05) is 0 Å². The molecule has 0 aliphatic rings. The molecule has 0 saturated heterocycles. The second-order valence-corrected chi connectivity index (χ2v) is 11.3. The molecule has 0 amide bonds. The van der Waals surface area contributed by atoms with Gasteiger partial charge in [0.15, 0.2) is 0 Å². The normalized spacial score (nSPS) is 9.47. The van der Waals surface area contributed by atoms with E-state index < -0.39 is 21.6 Å². The van der Waals surface area contributed by atoms with Crippen LogP contribution in [0.15, 0.2) is 110 Å². The fourth-order valence-corrected chi connectivity index (χ4v) is 3.29. The van der Waals surface area contributed by atoms with Crippen LogP contribution in [0.4, 0.5) is 29.1 Å². The molecule has 0 saturated carbocycles. The molecule has 0 fully saturated rings. The first-order chi connectivity index (χ1) is 26.8. The minimum absolute atomic E-state index is 0.0330. The van der Waals surface area contributed by atoms with Crippen LogP contribution in [0.25, 0.3) is 0 Å². The second-order valence-electron chi connectivity index (χ2n) is 11.3. The fraction of sp³-hybridized carbons (Fsp3) is 0.179. The highest BCUT2D eigenvalue weighted by atomic mass is 19.4. The number of alkyl halides is 3. The van der Waals surface area contributed by atoms with Crippen LogP contribution < -0.4 is 0 Å². The number of halogens is 4. The summed E-state index contributed by atoms with van der Waals surface area (Å²) in [5.74, 6) is -0.388. The maximum atomic E-state index is 12.0. The number of hydrogen-bond acceptors (Lipinski definition) is 12. The first kappa shape index (κ1) is 47.4. The van der Waals surface area contributed by atoms with Crippen molar-refractivity contribution >= 4 is 11.5 Å². The molecule has 6 aromatic heterocycles. The van der Waals surface area contributed by atoms with Gasteiger partial charge in [-0.15, -0.1) is 0 Å². The molecular weight excluding hydrogens is 748 g/mol. The summed E-state index contributed by atoms with van der Waals surface area (Å²) in [5, 5.41) is 36.8. The van der Waals surface area contributed by atoms with E-state index in [1.54, 1.807) is 56.6 Å². The van der Waals surface area contributed by atoms with Crippen molar-refractivity contribution in [1.82, 2.24) is 29.9 Å². The summed E-state index contributed by atoms with van der Waals surface area (Å²) in [6.07, 6.45) is 3.72.